The van der Waals surface area contributed by atoms with E-state index in [-0.39, 0.29) is 11.3 Å². The highest BCUT2D eigenvalue weighted by Crippen LogP contribution is 2.60. The number of H-pyrrole nitrogens is 1. The normalized spacial score (nSPS) is 16.8. The molecule has 1 aromatic heterocycles. The summed E-state index contributed by atoms with van der Waals surface area (Å²) in [5.41, 5.74) is 2.26. The van der Waals surface area contributed by atoms with Crippen LogP contribution in [0.2, 0.25) is 0 Å². The fraction of sp³-hybridized carbons (Fsp3) is 0.250. The maximum atomic E-state index is 10.9. The largest absolute Gasteiger partial charge is 0.373 e. The molecule has 1 saturated carbocycles. The van der Waals surface area contributed by atoms with Crippen molar-refractivity contribution >= 4 is 5.95 Å². The molecule has 0 bridgehead atoms. The third-order valence-electron chi connectivity index (χ3n) is 4.98. The van der Waals surface area contributed by atoms with Crippen molar-refractivity contribution < 1.29 is 5.11 Å². The highest BCUT2D eigenvalue weighted by Gasteiger charge is 2.55. The fourth-order valence-corrected chi connectivity index (χ4v) is 3.63. The lowest BCUT2D eigenvalue weighted by molar-refractivity contribution is 0.107. The lowest BCUT2D eigenvalue weighted by Gasteiger charge is -2.32. The zero-order valence-electron chi connectivity index (χ0n) is 13.4. The van der Waals surface area contributed by atoms with Gasteiger partial charge in [-0.15, -0.1) is 0 Å². The van der Waals surface area contributed by atoms with E-state index in [1.165, 1.54) is 11.1 Å². The van der Waals surface area contributed by atoms with Crippen LogP contribution in [0.15, 0.2) is 73.1 Å². The molecule has 0 saturated heterocycles. The molecule has 1 aliphatic carbocycles. The summed E-state index contributed by atoms with van der Waals surface area (Å²) in [6, 6.07) is 20.9. The maximum Gasteiger partial charge on any atom is 0.202 e. The number of aliphatic hydroxyl groups is 1. The minimum absolute atomic E-state index is 0.150. The van der Waals surface area contributed by atoms with Gasteiger partial charge in [-0.25, -0.2) is 4.98 Å². The third-order valence-corrected chi connectivity index (χ3v) is 4.98. The zero-order valence-corrected chi connectivity index (χ0v) is 13.4. The van der Waals surface area contributed by atoms with Crippen LogP contribution < -0.4 is 5.32 Å². The van der Waals surface area contributed by atoms with E-state index in [0.717, 1.165) is 12.8 Å². The quantitative estimate of drug-likeness (QED) is 0.606. The SMILES string of the molecule is OC(Nc1ncc[nH]1)C1(C(c2ccccc2)c2ccccc2)CC1. The van der Waals surface area contributed by atoms with E-state index in [9.17, 15) is 5.11 Å². The second-order valence-electron chi connectivity index (χ2n) is 6.47. The van der Waals surface area contributed by atoms with Gasteiger partial charge in [0.05, 0.1) is 0 Å². The van der Waals surface area contributed by atoms with Gasteiger partial charge < -0.3 is 15.4 Å². The van der Waals surface area contributed by atoms with Gasteiger partial charge >= 0.3 is 0 Å². The van der Waals surface area contributed by atoms with Crippen molar-refractivity contribution in [3.05, 3.63) is 84.2 Å². The first kappa shape index (κ1) is 15.0. The minimum atomic E-state index is -0.658. The number of hydrogen-bond acceptors (Lipinski definition) is 3. The predicted octanol–water partition coefficient (Wildman–Crippen LogP) is 3.75. The molecular weight excluding hydrogens is 298 g/mol. The minimum Gasteiger partial charge on any atom is -0.373 e. The first-order valence-electron chi connectivity index (χ1n) is 8.33. The van der Waals surface area contributed by atoms with Gasteiger partial charge in [0.25, 0.3) is 0 Å². The molecule has 2 aromatic carbocycles. The maximum absolute atomic E-state index is 10.9. The number of imidazole rings is 1. The Hall–Kier alpha value is -2.59. The van der Waals surface area contributed by atoms with Crippen LogP contribution >= 0.6 is 0 Å². The Morgan fingerprint density at radius 3 is 2.00 bits per heavy atom. The topological polar surface area (TPSA) is 60.9 Å². The highest BCUT2D eigenvalue weighted by atomic mass is 16.3. The molecular formula is C20H21N3O. The molecule has 122 valence electrons. The average Bonchev–Trinajstić information content (AvgIpc) is 3.26. The number of anilines is 1. The van der Waals surface area contributed by atoms with Crippen molar-refractivity contribution in [1.82, 2.24) is 9.97 Å². The Kier molecular flexibility index (Phi) is 3.82. The van der Waals surface area contributed by atoms with Gasteiger partial charge in [-0.05, 0) is 24.0 Å². The van der Waals surface area contributed by atoms with Crippen LogP contribution in [-0.4, -0.2) is 21.3 Å². The summed E-state index contributed by atoms with van der Waals surface area (Å²) in [4.78, 5) is 7.18. The van der Waals surface area contributed by atoms with Crippen molar-refractivity contribution in [1.29, 1.82) is 0 Å². The molecule has 4 rings (SSSR count). The summed E-state index contributed by atoms with van der Waals surface area (Å²) in [5.74, 6) is 0.756. The van der Waals surface area contributed by atoms with Gasteiger partial charge in [-0.3, -0.25) is 0 Å². The number of aromatic amines is 1. The summed E-state index contributed by atoms with van der Waals surface area (Å²) < 4.78 is 0. The Morgan fingerprint density at radius 2 is 1.54 bits per heavy atom. The number of rotatable bonds is 6. The fourth-order valence-electron chi connectivity index (χ4n) is 3.63. The lowest BCUT2D eigenvalue weighted by atomic mass is 9.77. The van der Waals surface area contributed by atoms with E-state index >= 15 is 0 Å². The molecule has 4 nitrogen and oxygen atoms in total. The van der Waals surface area contributed by atoms with Gasteiger partial charge in [0, 0.05) is 23.7 Å². The summed E-state index contributed by atoms with van der Waals surface area (Å²) in [6.07, 6.45) is 4.74. The summed E-state index contributed by atoms with van der Waals surface area (Å²) >= 11 is 0. The second-order valence-corrected chi connectivity index (χ2v) is 6.47. The van der Waals surface area contributed by atoms with E-state index in [1.807, 2.05) is 12.1 Å². The van der Waals surface area contributed by atoms with Crippen molar-refractivity contribution in [2.75, 3.05) is 5.32 Å². The van der Waals surface area contributed by atoms with Crippen molar-refractivity contribution in [2.24, 2.45) is 5.41 Å². The molecule has 1 atom stereocenters. The highest BCUT2D eigenvalue weighted by molar-refractivity contribution is 5.39. The van der Waals surface area contributed by atoms with Gasteiger partial charge in [-0.2, -0.15) is 0 Å². The van der Waals surface area contributed by atoms with Crippen LogP contribution in [0.1, 0.15) is 29.9 Å². The summed E-state index contributed by atoms with van der Waals surface area (Å²) in [6.45, 7) is 0. The van der Waals surface area contributed by atoms with E-state index in [4.69, 9.17) is 0 Å². The molecule has 3 aromatic rings. The van der Waals surface area contributed by atoms with Gasteiger partial charge in [0.1, 0.15) is 6.23 Å². The van der Waals surface area contributed by atoms with Crippen LogP contribution in [0, 0.1) is 5.41 Å². The number of aromatic nitrogens is 2. The first-order valence-corrected chi connectivity index (χ1v) is 8.33. The molecule has 1 heterocycles. The molecule has 0 radical (unpaired) electrons. The summed E-state index contributed by atoms with van der Waals surface area (Å²) in [7, 11) is 0. The average molecular weight is 319 g/mol. The Labute approximate surface area is 141 Å². The Morgan fingerprint density at radius 1 is 0.958 bits per heavy atom. The number of nitrogens with zero attached hydrogens (tertiary/aromatic N) is 1. The predicted molar refractivity (Wildman–Crippen MR) is 94.6 cm³/mol. The number of aliphatic hydroxyl groups excluding tert-OH is 1. The molecule has 1 unspecified atom stereocenters. The Balaban J connectivity index is 1.70. The van der Waals surface area contributed by atoms with Crippen LogP contribution in [0.5, 0.6) is 0 Å². The third kappa shape index (κ3) is 2.69. The molecule has 1 fully saturated rings. The summed E-state index contributed by atoms with van der Waals surface area (Å²) in [5, 5.41) is 14.1. The van der Waals surface area contributed by atoms with Crippen LogP contribution in [0.3, 0.4) is 0 Å². The van der Waals surface area contributed by atoms with Gasteiger partial charge in [-0.1, -0.05) is 60.7 Å². The van der Waals surface area contributed by atoms with E-state index in [0.29, 0.717) is 5.95 Å². The van der Waals surface area contributed by atoms with E-state index in [2.05, 4.69) is 63.8 Å². The molecule has 3 N–H and O–H groups in total. The smallest absolute Gasteiger partial charge is 0.202 e. The van der Waals surface area contributed by atoms with Crippen molar-refractivity contribution in [3.8, 4) is 0 Å². The molecule has 4 heteroatoms. The van der Waals surface area contributed by atoms with Crippen molar-refractivity contribution in [3.63, 3.8) is 0 Å². The van der Waals surface area contributed by atoms with Gasteiger partial charge in [0.2, 0.25) is 5.95 Å². The van der Waals surface area contributed by atoms with Gasteiger partial charge in [0.15, 0.2) is 0 Å². The molecule has 24 heavy (non-hydrogen) atoms. The Bertz CT molecular complexity index is 728. The number of benzene rings is 2. The molecule has 1 aliphatic rings. The number of nitrogens with one attached hydrogen (secondary N) is 2. The van der Waals surface area contributed by atoms with Crippen LogP contribution in [0.25, 0.3) is 0 Å². The standard InChI is InChI=1S/C20H21N3O/c24-18(23-19-21-13-14-22-19)20(11-12-20)17(15-7-3-1-4-8-15)16-9-5-2-6-10-16/h1-10,13-14,17-18,24H,11-12H2,(H2,21,22,23). The van der Waals surface area contributed by atoms with Crippen molar-refractivity contribution in [2.45, 2.75) is 25.0 Å². The second kappa shape index (κ2) is 6.13. The monoisotopic (exact) mass is 319 g/mol. The number of hydrogen-bond donors (Lipinski definition) is 3. The van der Waals surface area contributed by atoms with Crippen LogP contribution in [-0.2, 0) is 0 Å². The zero-order chi connectivity index (χ0) is 16.4. The van der Waals surface area contributed by atoms with Crippen LogP contribution in [0.4, 0.5) is 5.95 Å². The van der Waals surface area contributed by atoms with E-state index in [1.54, 1.807) is 12.4 Å². The molecule has 0 spiro atoms. The van der Waals surface area contributed by atoms with E-state index < -0.39 is 6.23 Å². The lowest BCUT2D eigenvalue weighted by Crippen LogP contribution is -2.35. The molecule has 0 amide bonds. The first-order chi connectivity index (χ1) is 11.8. The molecule has 0 aliphatic heterocycles.